The number of halogens is 3. The van der Waals surface area contributed by atoms with E-state index in [0.717, 1.165) is 6.07 Å². The average Bonchev–Trinajstić information content (AvgIpc) is 1.95. The fraction of sp³-hybridized carbons (Fsp3) is 0.167. The minimum atomic E-state index is -1.09. The Hall–Kier alpha value is -0.700. The molecule has 0 radical (unpaired) electrons. The average molecular weight is 164 g/mol. The molecule has 1 aromatic heterocycles. The van der Waals surface area contributed by atoms with Gasteiger partial charge in [-0.25, -0.2) is 9.37 Å². The van der Waals surface area contributed by atoms with Crippen molar-refractivity contribution in [2.45, 2.75) is 5.88 Å². The zero-order chi connectivity index (χ0) is 7.56. The predicted molar refractivity (Wildman–Crippen MR) is 33.7 cm³/mol. The van der Waals surface area contributed by atoms with Gasteiger partial charge in [-0.1, -0.05) is 0 Å². The molecular weight excluding hydrogens is 160 g/mol. The molecule has 1 heterocycles. The van der Waals surface area contributed by atoms with Crippen molar-refractivity contribution in [2.75, 3.05) is 0 Å². The van der Waals surface area contributed by atoms with E-state index in [4.69, 9.17) is 11.6 Å². The first-order chi connectivity index (χ1) is 4.74. The van der Waals surface area contributed by atoms with Gasteiger partial charge >= 0.3 is 0 Å². The van der Waals surface area contributed by atoms with E-state index in [9.17, 15) is 8.78 Å². The highest BCUT2D eigenvalue weighted by Gasteiger charge is 2.01. The number of aromatic nitrogens is 1. The molecule has 54 valence electrons. The Labute approximate surface area is 61.7 Å². The second kappa shape index (κ2) is 2.92. The predicted octanol–water partition coefficient (Wildman–Crippen LogP) is 2.10. The number of alkyl halides is 1. The summed E-state index contributed by atoms with van der Waals surface area (Å²) in [5.41, 5.74) is 0.473. The maximum Gasteiger partial charge on any atom is 0.248 e. The monoisotopic (exact) mass is 163 g/mol. The summed E-state index contributed by atoms with van der Waals surface area (Å²) in [5, 5.41) is 0. The molecule has 0 fully saturated rings. The smallest absolute Gasteiger partial charge is 0.225 e. The van der Waals surface area contributed by atoms with E-state index in [-0.39, 0.29) is 5.88 Å². The van der Waals surface area contributed by atoms with Crippen molar-refractivity contribution in [3.05, 3.63) is 29.6 Å². The van der Waals surface area contributed by atoms with Crippen molar-refractivity contribution < 1.29 is 8.78 Å². The van der Waals surface area contributed by atoms with E-state index in [1.165, 1.54) is 6.20 Å². The van der Waals surface area contributed by atoms with Crippen molar-refractivity contribution in [2.24, 2.45) is 0 Å². The van der Waals surface area contributed by atoms with Gasteiger partial charge < -0.3 is 0 Å². The second-order valence-electron chi connectivity index (χ2n) is 1.75. The molecule has 0 amide bonds. The van der Waals surface area contributed by atoms with Crippen LogP contribution in [0.4, 0.5) is 8.78 Å². The van der Waals surface area contributed by atoms with Crippen molar-refractivity contribution in [3.63, 3.8) is 0 Å². The standard InChI is InChI=1S/C6H4ClF2N/c7-2-4-1-5(8)6(9)10-3-4/h1,3H,2H2. The van der Waals surface area contributed by atoms with Crippen LogP contribution in [0.5, 0.6) is 0 Å². The lowest BCUT2D eigenvalue weighted by Crippen LogP contribution is -1.90. The van der Waals surface area contributed by atoms with Crippen LogP contribution >= 0.6 is 11.6 Å². The van der Waals surface area contributed by atoms with Crippen LogP contribution in [0.1, 0.15) is 5.56 Å². The summed E-state index contributed by atoms with van der Waals surface area (Å²) in [7, 11) is 0. The molecule has 0 saturated heterocycles. The third kappa shape index (κ3) is 1.42. The molecule has 0 aliphatic rings. The zero-order valence-electron chi connectivity index (χ0n) is 4.94. The van der Waals surface area contributed by atoms with E-state index in [1.54, 1.807) is 0 Å². The van der Waals surface area contributed by atoms with Crippen LogP contribution < -0.4 is 0 Å². The van der Waals surface area contributed by atoms with Gasteiger partial charge in [-0.05, 0) is 11.6 Å². The second-order valence-corrected chi connectivity index (χ2v) is 2.02. The van der Waals surface area contributed by atoms with Crippen molar-refractivity contribution in [1.82, 2.24) is 4.98 Å². The fourth-order valence-corrected chi connectivity index (χ4v) is 0.680. The molecule has 1 rings (SSSR count). The first-order valence-electron chi connectivity index (χ1n) is 2.60. The lowest BCUT2D eigenvalue weighted by molar-refractivity contribution is 0.478. The molecular formula is C6H4ClF2N. The number of pyridine rings is 1. The van der Waals surface area contributed by atoms with Crippen LogP contribution in [-0.4, -0.2) is 4.98 Å². The van der Waals surface area contributed by atoms with Gasteiger partial charge in [0.2, 0.25) is 5.95 Å². The van der Waals surface area contributed by atoms with Crippen molar-refractivity contribution >= 4 is 11.6 Å². The Morgan fingerprint density at radius 3 is 2.70 bits per heavy atom. The summed E-state index contributed by atoms with van der Waals surface area (Å²) in [6, 6.07) is 1.02. The van der Waals surface area contributed by atoms with Crippen LogP contribution in [0.2, 0.25) is 0 Å². The SMILES string of the molecule is Fc1cc(CCl)cnc1F. The van der Waals surface area contributed by atoms with E-state index >= 15 is 0 Å². The lowest BCUT2D eigenvalue weighted by Gasteiger charge is -1.93. The Balaban J connectivity index is 3.04. The van der Waals surface area contributed by atoms with Crippen LogP contribution in [0.25, 0.3) is 0 Å². The third-order valence-electron chi connectivity index (χ3n) is 1.01. The number of nitrogens with zero attached hydrogens (tertiary/aromatic N) is 1. The van der Waals surface area contributed by atoms with E-state index in [1.807, 2.05) is 0 Å². The Bertz CT molecular complexity index is 239. The lowest BCUT2D eigenvalue weighted by atomic mass is 10.3. The maximum absolute atomic E-state index is 12.3. The molecule has 0 atom stereocenters. The first kappa shape index (κ1) is 7.41. The highest BCUT2D eigenvalue weighted by Crippen LogP contribution is 2.06. The van der Waals surface area contributed by atoms with Gasteiger partial charge in [0.05, 0.1) is 0 Å². The van der Waals surface area contributed by atoms with Gasteiger partial charge in [0, 0.05) is 12.1 Å². The maximum atomic E-state index is 12.3. The molecule has 1 aromatic rings. The summed E-state index contributed by atoms with van der Waals surface area (Å²) in [5.74, 6) is -1.91. The summed E-state index contributed by atoms with van der Waals surface area (Å²) < 4.78 is 24.4. The summed E-state index contributed by atoms with van der Waals surface area (Å²) in [4.78, 5) is 3.12. The molecule has 0 N–H and O–H groups in total. The van der Waals surface area contributed by atoms with Gasteiger partial charge in [0.1, 0.15) is 0 Å². The van der Waals surface area contributed by atoms with Gasteiger partial charge in [-0.3, -0.25) is 0 Å². The Morgan fingerprint density at radius 2 is 2.20 bits per heavy atom. The summed E-state index contributed by atoms with van der Waals surface area (Å²) >= 11 is 5.32. The molecule has 0 spiro atoms. The number of rotatable bonds is 1. The highest BCUT2D eigenvalue weighted by atomic mass is 35.5. The molecule has 0 aliphatic carbocycles. The number of hydrogen-bond acceptors (Lipinski definition) is 1. The fourth-order valence-electron chi connectivity index (χ4n) is 0.534. The molecule has 0 aliphatic heterocycles. The zero-order valence-corrected chi connectivity index (χ0v) is 5.70. The van der Waals surface area contributed by atoms with Gasteiger partial charge in [-0.15, -0.1) is 11.6 Å². The van der Waals surface area contributed by atoms with Gasteiger partial charge in [0.15, 0.2) is 5.82 Å². The van der Waals surface area contributed by atoms with Crippen molar-refractivity contribution in [1.29, 1.82) is 0 Å². The quantitative estimate of drug-likeness (QED) is 0.456. The van der Waals surface area contributed by atoms with Gasteiger partial charge in [0.25, 0.3) is 0 Å². The minimum Gasteiger partial charge on any atom is -0.225 e. The molecule has 0 aromatic carbocycles. The Morgan fingerprint density at radius 1 is 1.50 bits per heavy atom. The van der Waals surface area contributed by atoms with Crippen LogP contribution in [0, 0.1) is 11.8 Å². The minimum absolute atomic E-state index is 0.143. The molecule has 4 heteroatoms. The Kier molecular flexibility index (Phi) is 2.17. The molecule has 1 nitrogen and oxygen atoms in total. The summed E-state index contributed by atoms with van der Waals surface area (Å²) in [6.07, 6.45) is 1.20. The van der Waals surface area contributed by atoms with Crippen LogP contribution in [0.15, 0.2) is 12.3 Å². The molecule has 10 heavy (non-hydrogen) atoms. The topological polar surface area (TPSA) is 12.9 Å². The van der Waals surface area contributed by atoms with Crippen molar-refractivity contribution in [3.8, 4) is 0 Å². The van der Waals surface area contributed by atoms with E-state index < -0.39 is 11.8 Å². The van der Waals surface area contributed by atoms with Crippen LogP contribution in [-0.2, 0) is 5.88 Å². The first-order valence-corrected chi connectivity index (χ1v) is 3.13. The normalized spacial score (nSPS) is 9.90. The van der Waals surface area contributed by atoms with E-state index in [0.29, 0.717) is 5.56 Å². The van der Waals surface area contributed by atoms with Gasteiger partial charge in [-0.2, -0.15) is 4.39 Å². The molecule has 0 unspecified atom stereocenters. The highest BCUT2D eigenvalue weighted by molar-refractivity contribution is 6.17. The molecule has 0 bridgehead atoms. The third-order valence-corrected chi connectivity index (χ3v) is 1.32. The summed E-state index contributed by atoms with van der Waals surface area (Å²) in [6.45, 7) is 0. The van der Waals surface area contributed by atoms with E-state index in [2.05, 4.69) is 4.98 Å². The number of hydrogen-bond donors (Lipinski definition) is 0. The largest absolute Gasteiger partial charge is 0.248 e. The van der Waals surface area contributed by atoms with Crippen LogP contribution in [0.3, 0.4) is 0 Å². The molecule has 0 saturated carbocycles.